The molecule has 1 rings (SSSR count). The van der Waals surface area contributed by atoms with E-state index in [1.165, 1.54) is 11.3 Å². The number of carboxylic acids is 1. The summed E-state index contributed by atoms with van der Waals surface area (Å²) in [6, 6.07) is 1.72. The molecule has 0 aromatic carbocycles. The Labute approximate surface area is 111 Å². The molecule has 0 aliphatic carbocycles. The maximum absolute atomic E-state index is 10.9. The van der Waals surface area contributed by atoms with Crippen molar-refractivity contribution in [2.45, 2.75) is 26.4 Å². The van der Waals surface area contributed by atoms with Gasteiger partial charge in [0, 0.05) is 9.35 Å². The summed E-state index contributed by atoms with van der Waals surface area (Å²) in [5, 5.41) is 18.9. The third-order valence-corrected chi connectivity index (χ3v) is 4.85. The second-order valence-electron chi connectivity index (χ2n) is 4.18. The fourth-order valence-electron chi connectivity index (χ4n) is 1.20. The van der Waals surface area contributed by atoms with E-state index >= 15 is 0 Å². The van der Waals surface area contributed by atoms with Crippen molar-refractivity contribution < 1.29 is 15.0 Å². The van der Waals surface area contributed by atoms with Gasteiger partial charge in [0.1, 0.15) is 4.34 Å². The lowest BCUT2D eigenvalue weighted by molar-refractivity contribution is -0.148. The molecule has 0 amide bonds. The summed E-state index contributed by atoms with van der Waals surface area (Å²) in [4.78, 5) is 11.6. The van der Waals surface area contributed by atoms with Crippen molar-refractivity contribution in [2.24, 2.45) is 5.41 Å². The average molecular weight is 328 g/mol. The minimum atomic E-state index is -0.956. The van der Waals surface area contributed by atoms with Gasteiger partial charge in [-0.05, 0) is 42.3 Å². The van der Waals surface area contributed by atoms with Crippen molar-refractivity contribution in [1.82, 2.24) is 0 Å². The smallest absolute Gasteiger partial charge is 0.309 e. The van der Waals surface area contributed by atoms with Crippen LogP contribution in [0.4, 0.5) is 0 Å². The van der Waals surface area contributed by atoms with Crippen molar-refractivity contribution in [2.75, 3.05) is 0 Å². The number of carboxylic acid groups (broad SMARTS) is 1. The van der Waals surface area contributed by atoms with Gasteiger partial charge in [-0.3, -0.25) is 4.79 Å². The molecule has 0 fully saturated rings. The Morgan fingerprint density at radius 2 is 2.25 bits per heavy atom. The summed E-state index contributed by atoms with van der Waals surface area (Å²) in [5.41, 5.74) is -0.956. The Balaban J connectivity index is 2.80. The Bertz CT molecular complexity index is 383. The molecule has 1 atom stereocenters. The second kappa shape index (κ2) is 5.04. The zero-order chi connectivity index (χ0) is 12.5. The highest BCUT2D eigenvalue weighted by Gasteiger charge is 2.31. The van der Waals surface area contributed by atoms with E-state index in [0.717, 1.165) is 4.47 Å². The number of hydrogen-bond donors (Lipinski definition) is 2. The lowest BCUT2D eigenvalue weighted by Gasteiger charge is -2.21. The molecule has 0 saturated heterocycles. The normalized spacial score (nSPS) is 13.8. The lowest BCUT2D eigenvalue weighted by Crippen LogP contribution is -2.25. The van der Waals surface area contributed by atoms with E-state index in [1.54, 1.807) is 19.9 Å². The van der Waals surface area contributed by atoms with Crippen LogP contribution >= 0.6 is 38.9 Å². The summed E-state index contributed by atoms with van der Waals surface area (Å²) in [5.74, 6) is -0.923. The summed E-state index contributed by atoms with van der Waals surface area (Å²) in [7, 11) is 0. The molecule has 1 unspecified atom stereocenters. The van der Waals surface area contributed by atoms with Crippen LogP contribution in [0.2, 0.25) is 4.34 Å². The number of aliphatic hydroxyl groups excluding tert-OH is 1. The van der Waals surface area contributed by atoms with Crippen LogP contribution in [0.25, 0.3) is 0 Å². The van der Waals surface area contributed by atoms with Crippen LogP contribution in [-0.2, 0) is 4.79 Å². The van der Waals surface area contributed by atoms with Gasteiger partial charge < -0.3 is 10.2 Å². The summed E-state index contributed by atoms with van der Waals surface area (Å²) in [6.45, 7) is 3.17. The predicted octanol–water partition coefficient (Wildman–Crippen LogP) is 3.70. The van der Waals surface area contributed by atoms with Crippen molar-refractivity contribution in [3.63, 3.8) is 0 Å². The van der Waals surface area contributed by atoms with Gasteiger partial charge in [-0.15, -0.1) is 11.3 Å². The van der Waals surface area contributed by atoms with Crippen LogP contribution < -0.4 is 0 Å². The molecule has 0 spiro atoms. The van der Waals surface area contributed by atoms with Crippen LogP contribution in [0.1, 0.15) is 31.2 Å². The lowest BCUT2D eigenvalue weighted by atomic mass is 9.86. The van der Waals surface area contributed by atoms with E-state index < -0.39 is 17.5 Å². The highest BCUT2D eigenvalue weighted by molar-refractivity contribution is 9.10. The zero-order valence-corrected chi connectivity index (χ0v) is 12.0. The first-order valence-electron chi connectivity index (χ1n) is 4.60. The molecule has 1 aromatic heterocycles. The zero-order valence-electron chi connectivity index (χ0n) is 8.83. The Hall–Kier alpha value is -0.100. The quantitative estimate of drug-likeness (QED) is 0.886. The standard InChI is InChI=1S/C10H12BrClO3S/c1-10(2,9(14)15)4-6(13)7-3-5(11)8(12)16-7/h3,6,13H,4H2,1-2H3,(H,14,15). The number of rotatable bonds is 4. The summed E-state index contributed by atoms with van der Waals surface area (Å²) >= 11 is 10.3. The molecule has 0 aliphatic rings. The molecule has 0 radical (unpaired) electrons. The van der Waals surface area contributed by atoms with Gasteiger partial charge in [0.15, 0.2) is 0 Å². The van der Waals surface area contributed by atoms with Crippen LogP contribution in [0.3, 0.4) is 0 Å². The monoisotopic (exact) mass is 326 g/mol. The largest absolute Gasteiger partial charge is 0.481 e. The minimum absolute atomic E-state index is 0.158. The molecule has 0 aliphatic heterocycles. The highest BCUT2D eigenvalue weighted by atomic mass is 79.9. The van der Waals surface area contributed by atoms with E-state index in [0.29, 0.717) is 9.21 Å². The molecule has 1 aromatic rings. The first-order valence-corrected chi connectivity index (χ1v) is 6.59. The average Bonchev–Trinajstić information content (AvgIpc) is 2.46. The molecular weight excluding hydrogens is 316 g/mol. The Kier molecular flexibility index (Phi) is 4.40. The molecule has 90 valence electrons. The number of hydrogen-bond acceptors (Lipinski definition) is 3. The highest BCUT2D eigenvalue weighted by Crippen LogP contribution is 2.39. The maximum Gasteiger partial charge on any atom is 0.309 e. The Morgan fingerprint density at radius 3 is 2.62 bits per heavy atom. The van der Waals surface area contributed by atoms with Gasteiger partial charge in [0.25, 0.3) is 0 Å². The van der Waals surface area contributed by atoms with Crippen molar-refractivity contribution in [1.29, 1.82) is 0 Å². The maximum atomic E-state index is 10.9. The van der Waals surface area contributed by atoms with Gasteiger partial charge in [-0.2, -0.15) is 0 Å². The van der Waals surface area contributed by atoms with Gasteiger partial charge in [0.05, 0.1) is 11.5 Å². The van der Waals surface area contributed by atoms with Crippen LogP contribution in [0, 0.1) is 5.41 Å². The van der Waals surface area contributed by atoms with E-state index in [-0.39, 0.29) is 6.42 Å². The van der Waals surface area contributed by atoms with Crippen molar-refractivity contribution >= 4 is 44.8 Å². The van der Waals surface area contributed by atoms with E-state index in [9.17, 15) is 9.90 Å². The fraction of sp³-hybridized carbons (Fsp3) is 0.500. The number of aliphatic carboxylic acids is 1. The third kappa shape index (κ3) is 3.20. The number of halogens is 2. The molecule has 16 heavy (non-hydrogen) atoms. The third-order valence-electron chi connectivity index (χ3n) is 2.28. The van der Waals surface area contributed by atoms with Crippen LogP contribution in [0.5, 0.6) is 0 Å². The first kappa shape index (κ1) is 14.0. The van der Waals surface area contributed by atoms with Gasteiger partial charge >= 0.3 is 5.97 Å². The Morgan fingerprint density at radius 1 is 1.69 bits per heavy atom. The molecule has 0 bridgehead atoms. The SMILES string of the molecule is CC(C)(CC(O)c1cc(Br)c(Cl)s1)C(=O)O. The molecular formula is C10H12BrClO3S. The van der Waals surface area contributed by atoms with E-state index in [1.807, 2.05) is 0 Å². The van der Waals surface area contributed by atoms with Crippen molar-refractivity contribution in [3.8, 4) is 0 Å². The topological polar surface area (TPSA) is 57.5 Å². The second-order valence-corrected chi connectivity index (χ2v) is 6.72. The molecule has 6 heteroatoms. The van der Waals surface area contributed by atoms with E-state index in [4.69, 9.17) is 16.7 Å². The van der Waals surface area contributed by atoms with Gasteiger partial charge in [-0.25, -0.2) is 0 Å². The molecule has 2 N–H and O–H groups in total. The number of thiophene rings is 1. The molecule has 3 nitrogen and oxygen atoms in total. The molecule has 0 saturated carbocycles. The summed E-state index contributed by atoms with van der Waals surface area (Å²) < 4.78 is 1.28. The fourth-order valence-corrected chi connectivity index (χ4v) is 2.92. The first-order chi connectivity index (χ1) is 7.24. The molecule has 1 heterocycles. The van der Waals surface area contributed by atoms with Crippen LogP contribution in [0.15, 0.2) is 10.5 Å². The van der Waals surface area contributed by atoms with Crippen LogP contribution in [-0.4, -0.2) is 16.2 Å². The predicted molar refractivity (Wildman–Crippen MR) is 68.0 cm³/mol. The minimum Gasteiger partial charge on any atom is -0.481 e. The van der Waals surface area contributed by atoms with Gasteiger partial charge in [0.2, 0.25) is 0 Å². The van der Waals surface area contributed by atoms with E-state index in [2.05, 4.69) is 15.9 Å². The van der Waals surface area contributed by atoms with Gasteiger partial charge in [-0.1, -0.05) is 11.6 Å². The van der Waals surface area contributed by atoms with Crippen molar-refractivity contribution in [3.05, 3.63) is 19.8 Å². The summed E-state index contributed by atoms with van der Waals surface area (Å²) in [6.07, 6.45) is -0.647. The number of aliphatic hydroxyl groups is 1. The number of carbonyl (C=O) groups is 1.